The van der Waals surface area contributed by atoms with Crippen LogP contribution in [0.15, 0.2) is 47.6 Å². The van der Waals surface area contributed by atoms with Gasteiger partial charge in [0.15, 0.2) is 11.5 Å². The summed E-state index contributed by atoms with van der Waals surface area (Å²) in [7, 11) is 3.15. The van der Waals surface area contributed by atoms with Gasteiger partial charge in [0.25, 0.3) is 5.91 Å². The number of amides is 1. The summed E-state index contributed by atoms with van der Waals surface area (Å²) in [4.78, 5) is 17.1. The number of hydrogen-bond acceptors (Lipinski definition) is 5. The van der Waals surface area contributed by atoms with E-state index < -0.39 is 0 Å². The lowest BCUT2D eigenvalue weighted by Gasteiger charge is -2.08. The van der Waals surface area contributed by atoms with E-state index in [2.05, 4.69) is 15.5 Å². The van der Waals surface area contributed by atoms with E-state index in [-0.39, 0.29) is 5.91 Å². The Labute approximate surface area is 157 Å². The molecule has 1 heterocycles. The maximum atomic E-state index is 12.6. The molecule has 0 atom stereocenters. The third kappa shape index (κ3) is 4.06. The maximum absolute atomic E-state index is 12.6. The Morgan fingerprint density at radius 1 is 1.04 bits per heavy atom. The standard InChI is InChI=1S/C21H21N3O3/c1-13-5-7-18-16(9-13)17(10-14(2)23-18)21(25)24-22-12-15-6-8-19(26-3)20(11-15)27-4/h5-12H,1-4H3,(H,24,25). The Balaban J connectivity index is 1.83. The van der Waals surface area contributed by atoms with Gasteiger partial charge in [-0.25, -0.2) is 5.43 Å². The highest BCUT2D eigenvalue weighted by Gasteiger charge is 2.12. The van der Waals surface area contributed by atoms with Gasteiger partial charge in [-0.05, 0) is 55.8 Å². The number of fused-ring (bicyclic) bond motifs is 1. The van der Waals surface area contributed by atoms with E-state index in [1.807, 2.05) is 38.1 Å². The number of carbonyl (C=O) groups is 1. The molecule has 27 heavy (non-hydrogen) atoms. The second-order valence-corrected chi connectivity index (χ2v) is 6.15. The van der Waals surface area contributed by atoms with Crippen LogP contribution in [0, 0.1) is 13.8 Å². The summed E-state index contributed by atoms with van der Waals surface area (Å²) in [5.74, 6) is 0.944. The molecule has 0 fully saturated rings. The Morgan fingerprint density at radius 2 is 1.81 bits per heavy atom. The minimum atomic E-state index is -0.284. The van der Waals surface area contributed by atoms with E-state index >= 15 is 0 Å². The van der Waals surface area contributed by atoms with Gasteiger partial charge in [-0.1, -0.05) is 11.6 Å². The Kier molecular flexibility index (Phi) is 5.35. The molecule has 0 aliphatic carbocycles. The minimum absolute atomic E-state index is 0.284. The van der Waals surface area contributed by atoms with Crippen molar-refractivity contribution in [1.82, 2.24) is 10.4 Å². The summed E-state index contributed by atoms with van der Waals surface area (Å²) in [5.41, 5.74) is 6.54. The topological polar surface area (TPSA) is 72.8 Å². The van der Waals surface area contributed by atoms with E-state index in [0.717, 1.165) is 27.7 Å². The number of aromatic nitrogens is 1. The summed E-state index contributed by atoms with van der Waals surface area (Å²) < 4.78 is 10.5. The van der Waals surface area contributed by atoms with Gasteiger partial charge in [-0.15, -0.1) is 0 Å². The van der Waals surface area contributed by atoms with Crippen molar-refractivity contribution in [3.8, 4) is 11.5 Å². The van der Waals surface area contributed by atoms with Gasteiger partial charge in [-0.3, -0.25) is 9.78 Å². The number of aryl methyl sites for hydroxylation is 2. The zero-order valence-electron chi connectivity index (χ0n) is 15.7. The quantitative estimate of drug-likeness (QED) is 0.555. The highest BCUT2D eigenvalue weighted by molar-refractivity contribution is 6.06. The van der Waals surface area contributed by atoms with Crippen LogP contribution < -0.4 is 14.9 Å². The van der Waals surface area contributed by atoms with Crippen LogP contribution >= 0.6 is 0 Å². The first-order chi connectivity index (χ1) is 13.0. The lowest BCUT2D eigenvalue weighted by Crippen LogP contribution is -2.18. The van der Waals surface area contributed by atoms with Crippen molar-refractivity contribution in [2.75, 3.05) is 14.2 Å². The molecule has 0 spiro atoms. The van der Waals surface area contributed by atoms with Gasteiger partial charge in [0, 0.05) is 11.1 Å². The highest BCUT2D eigenvalue weighted by Crippen LogP contribution is 2.26. The van der Waals surface area contributed by atoms with Crippen LogP contribution in [0.5, 0.6) is 11.5 Å². The van der Waals surface area contributed by atoms with Crippen LogP contribution in [0.1, 0.15) is 27.2 Å². The van der Waals surface area contributed by atoms with Crippen LogP contribution in [-0.2, 0) is 0 Å². The molecule has 0 radical (unpaired) electrons. The molecule has 0 aliphatic heterocycles. The lowest BCUT2D eigenvalue weighted by atomic mass is 10.1. The van der Waals surface area contributed by atoms with Crippen LogP contribution in [0.25, 0.3) is 10.9 Å². The maximum Gasteiger partial charge on any atom is 0.272 e. The largest absolute Gasteiger partial charge is 0.493 e. The predicted molar refractivity (Wildman–Crippen MR) is 106 cm³/mol. The molecule has 1 aromatic heterocycles. The summed E-state index contributed by atoms with van der Waals surface area (Å²) in [6.45, 7) is 3.85. The number of pyridine rings is 1. The molecule has 0 unspecified atom stereocenters. The first-order valence-electron chi connectivity index (χ1n) is 8.45. The summed E-state index contributed by atoms with van der Waals surface area (Å²) >= 11 is 0. The van der Waals surface area contributed by atoms with Crippen molar-refractivity contribution in [3.05, 3.63) is 64.8 Å². The first-order valence-corrected chi connectivity index (χ1v) is 8.45. The molecule has 2 aromatic carbocycles. The van der Waals surface area contributed by atoms with E-state index in [1.54, 1.807) is 38.6 Å². The third-order valence-corrected chi connectivity index (χ3v) is 4.12. The zero-order chi connectivity index (χ0) is 19.4. The van der Waals surface area contributed by atoms with Crippen molar-refractivity contribution >= 4 is 23.0 Å². The number of methoxy groups -OCH3 is 2. The van der Waals surface area contributed by atoms with Crippen LogP contribution in [0.2, 0.25) is 0 Å². The number of hydrogen-bond donors (Lipinski definition) is 1. The molecule has 0 saturated heterocycles. The number of benzene rings is 2. The molecule has 0 aliphatic rings. The Bertz CT molecular complexity index is 1030. The molecule has 3 rings (SSSR count). The van der Waals surface area contributed by atoms with Gasteiger partial charge in [-0.2, -0.15) is 5.10 Å². The SMILES string of the molecule is COc1ccc(C=NNC(=O)c2cc(C)nc3ccc(C)cc23)cc1OC. The smallest absolute Gasteiger partial charge is 0.272 e. The monoisotopic (exact) mass is 363 g/mol. The fourth-order valence-corrected chi connectivity index (χ4v) is 2.82. The predicted octanol–water partition coefficient (Wildman–Crippen LogP) is 3.63. The van der Waals surface area contributed by atoms with Crippen molar-refractivity contribution in [2.24, 2.45) is 5.10 Å². The Morgan fingerprint density at radius 3 is 2.56 bits per heavy atom. The fraction of sp³-hybridized carbons (Fsp3) is 0.190. The van der Waals surface area contributed by atoms with Gasteiger partial charge in [0.2, 0.25) is 0 Å². The van der Waals surface area contributed by atoms with Crippen LogP contribution in [0.4, 0.5) is 0 Å². The fourth-order valence-electron chi connectivity index (χ4n) is 2.82. The first kappa shape index (κ1) is 18.4. The van der Waals surface area contributed by atoms with Crippen molar-refractivity contribution in [2.45, 2.75) is 13.8 Å². The number of carbonyl (C=O) groups excluding carboxylic acids is 1. The zero-order valence-corrected chi connectivity index (χ0v) is 15.7. The number of hydrazone groups is 1. The van der Waals surface area contributed by atoms with Crippen LogP contribution in [-0.4, -0.2) is 31.3 Å². The van der Waals surface area contributed by atoms with Gasteiger partial charge in [0.1, 0.15) is 0 Å². The molecule has 3 aromatic rings. The molecule has 0 saturated carbocycles. The van der Waals surface area contributed by atoms with Crippen molar-refractivity contribution in [3.63, 3.8) is 0 Å². The number of nitrogens with one attached hydrogen (secondary N) is 1. The van der Waals surface area contributed by atoms with E-state index in [9.17, 15) is 4.79 Å². The van der Waals surface area contributed by atoms with Gasteiger partial charge >= 0.3 is 0 Å². The average molecular weight is 363 g/mol. The summed E-state index contributed by atoms with van der Waals surface area (Å²) in [6, 6.07) is 13.0. The number of nitrogens with zero attached hydrogens (tertiary/aromatic N) is 2. The van der Waals surface area contributed by atoms with Crippen molar-refractivity contribution in [1.29, 1.82) is 0 Å². The molecule has 6 nitrogen and oxygen atoms in total. The molecule has 6 heteroatoms. The van der Waals surface area contributed by atoms with E-state index in [4.69, 9.17) is 9.47 Å². The van der Waals surface area contributed by atoms with E-state index in [1.165, 1.54) is 0 Å². The van der Waals surface area contributed by atoms with Crippen LogP contribution in [0.3, 0.4) is 0 Å². The van der Waals surface area contributed by atoms with E-state index in [0.29, 0.717) is 17.1 Å². The normalized spacial score (nSPS) is 11.0. The molecular formula is C21H21N3O3. The third-order valence-electron chi connectivity index (χ3n) is 4.12. The molecule has 0 bridgehead atoms. The average Bonchev–Trinajstić information content (AvgIpc) is 2.67. The van der Waals surface area contributed by atoms with Crippen molar-refractivity contribution < 1.29 is 14.3 Å². The second-order valence-electron chi connectivity index (χ2n) is 6.15. The molecular weight excluding hydrogens is 342 g/mol. The molecule has 138 valence electrons. The van der Waals surface area contributed by atoms with Gasteiger partial charge < -0.3 is 9.47 Å². The number of ether oxygens (including phenoxy) is 2. The highest BCUT2D eigenvalue weighted by atomic mass is 16.5. The molecule has 1 N–H and O–H groups in total. The minimum Gasteiger partial charge on any atom is -0.493 e. The summed E-state index contributed by atoms with van der Waals surface area (Å²) in [5, 5.41) is 4.87. The summed E-state index contributed by atoms with van der Waals surface area (Å²) in [6.07, 6.45) is 1.56. The van der Waals surface area contributed by atoms with Gasteiger partial charge in [0.05, 0.1) is 31.5 Å². The Hall–Kier alpha value is -3.41. The second kappa shape index (κ2) is 7.86. The lowest BCUT2D eigenvalue weighted by molar-refractivity contribution is 0.0956. The molecule has 1 amide bonds. The number of rotatable bonds is 5.